The molecule has 0 saturated carbocycles. The molecule has 11 heteroatoms. The van der Waals surface area contributed by atoms with Crippen LogP contribution in [0.3, 0.4) is 0 Å². The lowest BCUT2D eigenvalue weighted by Crippen LogP contribution is -2.21. The lowest BCUT2D eigenvalue weighted by molar-refractivity contribution is -0.153. The van der Waals surface area contributed by atoms with Gasteiger partial charge >= 0.3 is 12.4 Å². The van der Waals surface area contributed by atoms with Gasteiger partial charge in [-0.25, -0.2) is 0 Å². The van der Waals surface area contributed by atoms with Crippen molar-refractivity contribution < 1.29 is 35.8 Å². The van der Waals surface area contributed by atoms with Crippen LogP contribution in [0.5, 0.6) is 11.5 Å². The zero-order chi connectivity index (χ0) is 17.0. The van der Waals surface area contributed by atoms with Crippen molar-refractivity contribution in [2.75, 3.05) is 18.5 Å². The average Bonchev–Trinajstić information content (AvgIpc) is 2.31. The van der Waals surface area contributed by atoms with E-state index < -0.39 is 25.6 Å². The van der Waals surface area contributed by atoms with E-state index in [2.05, 4.69) is 27.0 Å². The molecule has 0 saturated heterocycles. The summed E-state index contributed by atoms with van der Waals surface area (Å²) in [6, 6.07) is 3.07. The van der Waals surface area contributed by atoms with Crippen LogP contribution in [0, 0.1) is 0 Å². The van der Waals surface area contributed by atoms with E-state index in [0.717, 1.165) is 18.2 Å². The molecule has 0 aliphatic heterocycles. The number of anilines is 1. The van der Waals surface area contributed by atoms with Gasteiger partial charge in [-0.1, -0.05) is 0 Å². The largest absolute Gasteiger partial charge is 0.484 e. The maximum Gasteiger partial charge on any atom is 0.422 e. The van der Waals surface area contributed by atoms with E-state index in [0.29, 0.717) is 0 Å². The van der Waals surface area contributed by atoms with Gasteiger partial charge in [0, 0.05) is 23.9 Å². The van der Waals surface area contributed by atoms with Gasteiger partial charge in [-0.05, 0) is 12.2 Å². The van der Waals surface area contributed by atoms with E-state index in [1.165, 1.54) is 0 Å². The fourth-order valence-corrected chi connectivity index (χ4v) is 1.40. The second kappa shape index (κ2) is 6.90. The van der Waals surface area contributed by atoms with Gasteiger partial charge in [-0.15, -0.1) is 0 Å². The number of thiocarbonyl (C=S) groups is 1. The molecule has 0 aliphatic rings. The molecule has 1 rings (SSSR count). The molecule has 1 aromatic rings. The fourth-order valence-electron chi connectivity index (χ4n) is 1.28. The molecule has 4 nitrogen and oxygen atoms in total. The summed E-state index contributed by atoms with van der Waals surface area (Å²) >= 11 is 4.54. The second-order valence-electron chi connectivity index (χ2n) is 3.99. The van der Waals surface area contributed by atoms with Gasteiger partial charge < -0.3 is 20.5 Å². The molecule has 0 atom stereocenters. The van der Waals surface area contributed by atoms with Crippen LogP contribution in [-0.4, -0.2) is 30.7 Å². The summed E-state index contributed by atoms with van der Waals surface area (Å²) in [6.07, 6.45) is -9.20. The van der Waals surface area contributed by atoms with Crippen molar-refractivity contribution >= 4 is 23.0 Å². The van der Waals surface area contributed by atoms with Crippen LogP contribution >= 0.6 is 12.2 Å². The molecule has 22 heavy (non-hydrogen) atoms. The number of rotatable bonds is 5. The van der Waals surface area contributed by atoms with Gasteiger partial charge in [0.05, 0.1) is 0 Å². The third-order valence-corrected chi connectivity index (χ3v) is 2.05. The lowest BCUT2D eigenvalue weighted by Gasteiger charge is -2.14. The molecule has 0 fully saturated rings. The summed E-state index contributed by atoms with van der Waals surface area (Å²) in [5, 5.41) is 2.14. The van der Waals surface area contributed by atoms with E-state index in [1.807, 2.05) is 0 Å². The molecule has 0 amide bonds. The van der Waals surface area contributed by atoms with Crippen molar-refractivity contribution in [2.45, 2.75) is 12.4 Å². The number of halogens is 6. The molecule has 0 bridgehead atoms. The number of hydrogen-bond donors (Lipinski definition) is 2. The Kier molecular flexibility index (Phi) is 5.69. The maximum absolute atomic E-state index is 12.1. The summed E-state index contributed by atoms with van der Waals surface area (Å²) in [6.45, 7) is -3.22. The molecule has 0 spiro atoms. The van der Waals surface area contributed by atoms with Crippen molar-refractivity contribution in [1.82, 2.24) is 0 Å². The highest BCUT2D eigenvalue weighted by Gasteiger charge is 2.30. The first-order chi connectivity index (χ1) is 9.94. The summed E-state index contributed by atoms with van der Waals surface area (Å²) in [7, 11) is 0. The Morgan fingerprint density at radius 1 is 0.955 bits per heavy atom. The summed E-state index contributed by atoms with van der Waals surface area (Å²) in [4.78, 5) is 0. The fraction of sp³-hybridized carbons (Fsp3) is 0.364. The van der Waals surface area contributed by atoms with Gasteiger partial charge in [0.25, 0.3) is 0 Å². The van der Waals surface area contributed by atoms with Crippen LogP contribution < -0.4 is 20.5 Å². The zero-order valence-electron chi connectivity index (χ0n) is 10.7. The van der Waals surface area contributed by atoms with Gasteiger partial charge in [0.1, 0.15) is 11.5 Å². The molecule has 0 heterocycles. The Hall–Kier alpha value is -1.91. The highest BCUT2D eigenvalue weighted by atomic mass is 32.1. The van der Waals surface area contributed by atoms with Crippen LogP contribution in [0.1, 0.15) is 0 Å². The van der Waals surface area contributed by atoms with E-state index >= 15 is 0 Å². The predicted molar refractivity (Wildman–Crippen MR) is 70.0 cm³/mol. The minimum atomic E-state index is -4.60. The molecule has 0 aromatic heterocycles. The average molecular weight is 348 g/mol. The monoisotopic (exact) mass is 348 g/mol. The van der Waals surface area contributed by atoms with E-state index in [1.54, 1.807) is 0 Å². The Bertz CT molecular complexity index is 496. The van der Waals surface area contributed by atoms with E-state index in [9.17, 15) is 26.3 Å². The number of nitrogens with two attached hydrogens (primary N) is 1. The van der Waals surface area contributed by atoms with Crippen LogP contribution in [0.25, 0.3) is 0 Å². The Labute approximate surface area is 126 Å². The lowest BCUT2D eigenvalue weighted by atomic mass is 10.2. The number of alkyl halides is 6. The minimum Gasteiger partial charge on any atom is -0.484 e. The van der Waals surface area contributed by atoms with Gasteiger partial charge in [0.2, 0.25) is 0 Å². The molecule has 124 valence electrons. The highest BCUT2D eigenvalue weighted by molar-refractivity contribution is 7.80. The van der Waals surface area contributed by atoms with Crippen molar-refractivity contribution in [3.8, 4) is 11.5 Å². The quantitative estimate of drug-likeness (QED) is 0.632. The van der Waals surface area contributed by atoms with Crippen LogP contribution in [0.4, 0.5) is 32.0 Å². The van der Waals surface area contributed by atoms with Crippen LogP contribution in [0.15, 0.2) is 18.2 Å². The first-order valence-corrected chi connectivity index (χ1v) is 5.96. The number of nitrogens with one attached hydrogen (secondary N) is 1. The van der Waals surface area contributed by atoms with Crippen molar-refractivity contribution in [2.24, 2.45) is 5.73 Å². The normalized spacial score (nSPS) is 11.9. The summed E-state index contributed by atoms with van der Waals surface area (Å²) in [5.74, 6) is -0.702. The summed E-state index contributed by atoms with van der Waals surface area (Å²) in [5.41, 5.74) is 5.22. The van der Waals surface area contributed by atoms with Gasteiger partial charge in [-0.3, -0.25) is 0 Å². The molecule has 0 radical (unpaired) electrons. The second-order valence-corrected chi connectivity index (χ2v) is 4.43. The van der Waals surface area contributed by atoms with Crippen LogP contribution in [-0.2, 0) is 0 Å². The molecular formula is C11H10F6N2O2S. The minimum absolute atomic E-state index is 0.0318. The number of ether oxygens (including phenoxy) is 2. The molecule has 3 N–H and O–H groups in total. The number of benzene rings is 1. The van der Waals surface area contributed by atoms with Crippen molar-refractivity contribution in [1.29, 1.82) is 0 Å². The molecular weight excluding hydrogens is 338 g/mol. The van der Waals surface area contributed by atoms with Crippen molar-refractivity contribution in [3.05, 3.63) is 18.2 Å². The SMILES string of the molecule is NC(=S)Nc1cc(OCC(F)(F)F)cc(OCC(F)(F)F)c1. The smallest absolute Gasteiger partial charge is 0.422 e. The molecule has 0 unspecified atom stereocenters. The Balaban J connectivity index is 2.92. The molecule has 0 aliphatic carbocycles. The third kappa shape index (κ3) is 7.76. The third-order valence-electron chi connectivity index (χ3n) is 1.95. The predicted octanol–water partition coefficient (Wildman–Crippen LogP) is 3.22. The van der Waals surface area contributed by atoms with Gasteiger partial charge in [-0.2, -0.15) is 26.3 Å². The Morgan fingerprint density at radius 3 is 1.68 bits per heavy atom. The topological polar surface area (TPSA) is 56.5 Å². The first kappa shape index (κ1) is 18.1. The van der Waals surface area contributed by atoms with Crippen LogP contribution in [0.2, 0.25) is 0 Å². The van der Waals surface area contributed by atoms with E-state index in [4.69, 9.17) is 5.73 Å². The summed E-state index contributed by atoms with van der Waals surface area (Å²) < 4.78 is 81.5. The standard InChI is InChI=1S/C11H10F6N2O2S/c12-10(13,14)4-20-7-1-6(19-9(18)22)2-8(3-7)21-5-11(15,16)17/h1-3H,4-5H2,(H3,18,19,22). The highest BCUT2D eigenvalue weighted by Crippen LogP contribution is 2.29. The van der Waals surface area contributed by atoms with Crippen molar-refractivity contribution in [3.63, 3.8) is 0 Å². The Morgan fingerprint density at radius 2 is 1.36 bits per heavy atom. The molecule has 1 aromatic carbocycles. The van der Waals surface area contributed by atoms with Gasteiger partial charge in [0.15, 0.2) is 18.3 Å². The maximum atomic E-state index is 12.1. The zero-order valence-corrected chi connectivity index (χ0v) is 11.5. The first-order valence-electron chi connectivity index (χ1n) is 5.55. The number of hydrogen-bond acceptors (Lipinski definition) is 3. The van der Waals surface area contributed by atoms with E-state index in [-0.39, 0.29) is 22.3 Å².